The summed E-state index contributed by atoms with van der Waals surface area (Å²) in [5, 5.41) is 0. The van der Waals surface area contributed by atoms with Crippen molar-refractivity contribution in [2.45, 2.75) is 6.92 Å². The fourth-order valence-corrected chi connectivity index (χ4v) is 3.39. The molecule has 1 aliphatic rings. The van der Waals surface area contributed by atoms with Crippen molar-refractivity contribution in [3.05, 3.63) is 126 Å². The topological polar surface area (TPSA) is 3.24 Å². The maximum absolute atomic E-state index is 2.45. The van der Waals surface area contributed by atoms with Gasteiger partial charge in [-0.25, -0.2) is 0 Å². The van der Waals surface area contributed by atoms with Gasteiger partial charge in [0.25, 0.3) is 0 Å². The normalized spacial score (nSPS) is 12.8. The molecule has 0 saturated heterocycles. The van der Waals surface area contributed by atoms with Gasteiger partial charge in [-0.2, -0.15) is 35.1 Å². The molecule has 0 unspecified atom stereocenters. The summed E-state index contributed by atoms with van der Waals surface area (Å²) in [5.41, 5.74) is 7.87. The standard InChI is InChI=1S/C25H23N.2Li/c1-20-12-14-25(15-13-20)26-18-23(16-21-8-4-2-5-9-21)24(19-26)17-22-10-6-3-7-11-22;;/h2-17H,18-19H2,1H3;;/q-2;2*+1. The van der Waals surface area contributed by atoms with E-state index in [1.54, 1.807) is 0 Å². The van der Waals surface area contributed by atoms with E-state index in [1.807, 2.05) is 0 Å². The van der Waals surface area contributed by atoms with Crippen LogP contribution in [-0.4, -0.2) is 13.1 Å². The van der Waals surface area contributed by atoms with Crippen LogP contribution >= 0.6 is 0 Å². The molecule has 0 atom stereocenters. The third kappa shape index (κ3) is 5.58. The van der Waals surface area contributed by atoms with Crippen molar-refractivity contribution in [2.24, 2.45) is 0 Å². The van der Waals surface area contributed by atoms with E-state index in [4.69, 9.17) is 0 Å². The molecule has 28 heavy (non-hydrogen) atoms. The molecule has 0 bridgehead atoms. The van der Waals surface area contributed by atoms with Crippen molar-refractivity contribution in [2.75, 3.05) is 18.0 Å². The Bertz CT molecular complexity index is 833. The number of hydrogen-bond acceptors (Lipinski definition) is 1. The first kappa shape index (κ1) is 22.4. The average molecular weight is 351 g/mol. The number of anilines is 1. The third-order valence-electron chi connectivity index (χ3n) is 4.81. The second-order valence-corrected chi connectivity index (χ2v) is 6.85. The molecule has 3 aromatic carbocycles. The Morgan fingerprint density at radius 3 is 1.46 bits per heavy atom. The van der Waals surface area contributed by atoms with Crippen molar-refractivity contribution >= 4 is 5.69 Å². The van der Waals surface area contributed by atoms with Crippen LogP contribution in [0.5, 0.6) is 0 Å². The van der Waals surface area contributed by atoms with Crippen molar-refractivity contribution in [3.8, 4) is 0 Å². The SMILES string of the molecule is Cc1ccc(N2CC([CH-]c3ccccc3)=C([CH-]c3ccccc3)C2)cc1.[Li+].[Li+]. The van der Waals surface area contributed by atoms with Gasteiger partial charge in [0.05, 0.1) is 0 Å². The third-order valence-corrected chi connectivity index (χ3v) is 4.81. The number of rotatable bonds is 5. The molecule has 0 amide bonds. The molecule has 1 nitrogen and oxygen atoms in total. The van der Waals surface area contributed by atoms with Crippen LogP contribution in [0.3, 0.4) is 0 Å². The molecule has 0 aromatic heterocycles. The van der Waals surface area contributed by atoms with Gasteiger partial charge >= 0.3 is 37.7 Å². The second-order valence-electron chi connectivity index (χ2n) is 6.85. The first-order chi connectivity index (χ1) is 12.8. The summed E-state index contributed by atoms with van der Waals surface area (Å²) in [6.07, 6.45) is 4.64. The van der Waals surface area contributed by atoms with E-state index in [0.717, 1.165) is 13.1 Å². The Morgan fingerprint density at radius 2 is 1.04 bits per heavy atom. The predicted molar refractivity (Wildman–Crippen MR) is 110 cm³/mol. The Morgan fingerprint density at radius 1 is 0.607 bits per heavy atom. The Hall–Kier alpha value is -1.87. The van der Waals surface area contributed by atoms with Crippen molar-refractivity contribution in [3.63, 3.8) is 0 Å². The maximum Gasteiger partial charge on any atom is 1.00 e. The van der Waals surface area contributed by atoms with Crippen LogP contribution in [-0.2, 0) is 0 Å². The summed E-state index contributed by atoms with van der Waals surface area (Å²) in [4.78, 5) is 2.45. The van der Waals surface area contributed by atoms with E-state index in [0.29, 0.717) is 0 Å². The maximum atomic E-state index is 2.45. The molecule has 0 radical (unpaired) electrons. The number of nitrogens with zero attached hydrogens (tertiary/aromatic N) is 1. The molecular weight excluding hydrogens is 328 g/mol. The number of benzene rings is 3. The van der Waals surface area contributed by atoms with Gasteiger partial charge in [-0.05, 0) is 32.1 Å². The first-order valence-electron chi connectivity index (χ1n) is 9.11. The monoisotopic (exact) mass is 351 g/mol. The Kier molecular flexibility index (Phi) is 8.50. The zero-order chi connectivity index (χ0) is 17.8. The van der Waals surface area contributed by atoms with Crippen LogP contribution in [0.25, 0.3) is 0 Å². The molecule has 0 saturated carbocycles. The molecule has 0 spiro atoms. The minimum Gasteiger partial charge on any atom is -0.383 e. The van der Waals surface area contributed by atoms with Gasteiger partial charge < -0.3 is 4.90 Å². The number of aryl methyl sites for hydroxylation is 1. The summed E-state index contributed by atoms with van der Waals surface area (Å²) in [5.74, 6) is 0. The molecule has 1 aliphatic heterocycles. The van der Waals surface area contributed by atoms with Gasteiger partial charge in [0.1, 0.15) is 0 Å². The molecule has 130 valence electrons. The summed E-state index contributed by atoms with van der Waals surface area (Å²) in [6.45, 7) is 4.02. The summed E-state index contributed by atoms with van der Waals surface area (Å²) in [6, 6.07) is 30.0. The van der Waals surface area contributed by atoms with Gasteiger partial charge in [0.15, 0.2) is 0 Å². The van der Waals surface area contributed by atoms with Gasteiger partial charge in [-0.15, -0.1) is 48.5 Å². The van der Waals surface area contributed by atoms with Gasteiger partial charge in [0.2, 0.25) is 0 Å². The minimum absolute atomic E-state index is 0. The molecule has 3 aromatic rings. The molecule has 0 aliphatic carbocycles. The van der Waals surface area contributed by atoms with Gasteiger partial charge in [-0.3, -0.25) is 0 Å². The zero-order valence-electron chi connectivity index (χ0n) is 17.1. The Balaban J connectivity index is 0.00000140. The summed E-state index contributed by atoms with van der Waals surface area (Å²) >= 11 is 0. The van der Waals surface area contributed by atoms with Crippen LogP contribution in [0.1, 0.15) is 16.7 Å². The molecule has 0 N–H and O–H groups in total. The minimum atomic E-state index is 0. The molecular formula is C25H23Li2N. The van der Waals surface area contributed by atoms with Crippen LogP contribution in [0.15, 0.2) is 96.1 Å². The number of hydrogen-bond donors (Lipinski definition) is 0. The smallest absolute Gasteiger partial charge is 0.383 e. The van der Waals surface area contributed by atoms with Crippen molar-refractivity contribution in [1.82, 2.24) is 0 Å². The summed E-state index contributed by atoms with van der Waals surface area (Å²) in [7, 11) is 0. The predicted octanol–water partition coefficient (Wildman–Crippen LogP) is -0.375. The van der Waals surface area contributed by atoms with E-state index >= 15 is 0 Å². The van der Waals surface area contributed by atoms with E-state index in [1.165, 1.54) is 33.5 Å². The van der Waals surface area contributed by atoms with Crippen molar-refractivity contribution in [1.29, 1.82) is 0 Å². The van der Waals surface area contributed by atoms with E-state index in [-0.39, 0.29) is 37.7 Å². The molecule has 0 fully saturated rings. The Labute approximate surface area is 193 Å². The fraction of sp³-hybridized carbons (Fsp3) is 0.120. The van der Waals surface area contributed by atoms with Crippen LogP contribution in [0.4, 0.5) is 5.69 Å². The zero-order valence-corrected chi connectivity index (χ0v) is 17.1. The van der Waals surface area contributed by atoms with E-state index in [9.17, 15) is 0 Å². The van der Waals surface area contributed by atoms with E-state index < -0.39 is 0 Å². The van der Waals surface area contributed by atoms with E-state index in [2.05, 4.69) is 110 Å². The molecule has 4 rings (SSSR count). The first-order valence-corrected chi connectivity index (χ1v) is 9.11. The quantitative estimate of drug-likeness (QED) is 0.448. The van der Waals surface area contributed by atoms with Gasteiger partial charge in [0, 0.05) is 5.69 Å². The van der Waals surface area contributed by atoms with Gasteiger partial charge in [-0.1, -0.05) is 29.8 Å². The van der Waals surface area contributed by atoms with Crippen LogP contribution in [0.2, 0.25) is 0 Å². The van der Waals surface area contributed by atoms with Crippen LogP contribution < -0.4 is 42.6 Å². The second kappa shape index (κ2) is 10.6. The average Bonchev–Trinajstić information content (AvgIpc) is 3.06. The molecule has 1 heterocycles. The molecule has 3 heteroatoms. The van der Waals surface area contributed by atoms with Crippen LogP contribution in [0, 0.1) is 19.8 Å². The summed E-state index contributed by atoms with van der Waals surface area (Å²) < 4.78 is 0. The fourth-order valence-electron chi connectivity index (χ4n) is 3.39. The van der Waals surface area contributed by atoms with Crippen molar-refractivity contribution < 1.29 is 37.7 Å². The largest absolute Gasteiger partial charge is 1.00 e.